The van der Waals surface area contributed by atoms with Gasteiger partial charge in [0.1, 0.15) is 0 Å². The molecule has 0 aromatic heterocycles. The summed E-state index contributed by atoms with van der Waals surface area (Å²) in [7, 11) is 0. The van der Waals surface area contributed by atoms with E-state index in [9.17, 15) is 4.79 Å². The molecule has 0 aromatic rings. The standard InChI is InChI=1S/C7H11NO/c1-4-6(3)7(9)8-5-2/h6H,2,4H2,1,3H3. The lowest BCUT2D eigenvalue weighted by atomic mass is 10.1. The predicted molar refractivity (Wildman–Crippen MR) is 37.5 cm³/mol. The smallest absolute Gasteiger partial charge is 0.256 e. The molecule has 0 N–H and O–H groups in total. The Balaban J connectivity index is 3.87. The van der Waals surface area contributed by atoms with Gasteiger partial charge in [0.15, 0.2) is 0 Å². The number of hydrogen-bond donors (Lipinski definition) is 0. The Bertz CT molecular complexity index is 145. The fourth-order valence-electron chi connectivity index (χ4n) is 0.363. The molecule has 0 saturated heterocycles. The summed E-state index contributed by atoms with van der Waals surface area (Å²) in [6.45, 7) is 6.99. The van der Waals surface area contributed by atoms with E-state index < -0.39 is 0 Å². The van der Waals surface area contributed by atoms with Crippen molar-refractivity contribution in [3.8, 4) is 0 Å². The summed E-state index contributed by atoms with van der Waals surface area (Å²) in [6, 6.07) is 0. The van der Waals surface area contributed by atoms with E-state index in [-0.39, 0.29) is 11.8 Å². The average Bonchev–Trinajstić information content (AvgIpc) is 1.87. The zero-order valence-corrected chi connectivity index (χ0v) is 5.85. The first-order chi connectivity index (χ1) is 4.22. The van der Waals surface area contributed by atoms with Crippen LogP contribution in [-0.4, -0.2) is 11.8 Å². The predicted octanol–water partition coefficient (Wildman–Crippen LogP) is 1.41. The molecule has 0 fully saturated rings. The fourth-order valence-corrected chi connectivity index (χ4v) is 0.363. The van der Waals surface area contributed by atoms with Crippen LogP contribution in [0.3, 0.4) is 0 Å². The Morgan fingerprint density at radius 3 is 2.78 bits per heavy atom. The molecule has 0 spiro atoms. The summed E-state index contributed by atoms with van der Waals surface area (Å²) >= 11 is 0. The van der Waals surface area contributed by atoms with Crippen molar-refractivity contribution >= 4 is 11.8 Å². The highest BCUT2D eigenvalue weighted by atomic mass is 16.1. The SMILES string of the molecule is C=C=NC(=O)C(C)CC. The molecule has 1 unspecified atom stereocenters. The van der Waals surface area contributed by atoms with Gasteiger partial charge in [0.2, 0.25) is 0 Å². The average molecular weight is 125 g/mol. The van der Waals surface area contributed by atoms with Crippen LogP contribution >= 0.6 is 0 Å². The van der Waals surface area contributed by atoms with Crippen LogP contribution in [0.25, 0.3) is 0 Å². The summed E-state index contributed by atoms with van der Waals surface area (Å²) in [4.78, 5) is 14.1. The molecule has 1 amide bonds. The van der Waals surface area contributed by atoms with Crippen molar-refractivity contribution in [2.45, 2.75) is 20.3 Å². The lowest BCUT2D eigenvalue weighted by Crippen LogP contribution is -2.05. The van der Waals surface area contributed by atoms with Crippen LogP contribution in [-0.2, 0) is 4.79 Å². The van der Waals surface area contributed by atoms with Crippen molar-refractivity contribution in [1.82, 2.24) is 0 Å². The van der Waals surface area contributed by atoms with Crippen LogP contribution in [0.2, 0.25) is 0 Å². The van der Waals surface area contributed by atoms with Gasteiger partial charge in [-0.25, -0.2) is 0 Å². The van der Waals surface area contributed by atoms with E-state index in [0.717, 1.165) is 6.42 Å². The summed E-state index contributed by atoms with van der Waals surface area (Å²) in [5.41, 5.74) is 0. The number of hydrogen-bond acceptors (Lipinski definition) is 1. The molecule has 1 atom stereocenters. The minimum Gasteiger partial charge on any atom is -0.272 e. The second-order valence-corrected chi connectivity index (χ2v) is 1.92. The second-order valence-electron chi connectivity index (χ2n) is 1.92. The van der Waals surface area contributed by atoms with E-state index >= 15 is 0 Å². The molecule has 0 bridgehead atoms. The molecule has 0 aliphatic heterocycles. The first kappa shape index (κ1) is 8.12. The highest BCUT2D eigenvalue weighted by Gasteiger charge is 2.06. The summed E-state index contributed by atoms with van der Waals surface area (Å²) in [6.07, 6.45) is 0.823. The van der Waals surface area contributed by atoms with E-state index in [1.54, 1.807) is 0 Å². The third kappa shape index (κ3) is 2.83. The fraction of sp³-hybridized carbons (Fsp3) is 0.571. The molecule has 0 saturated carbocycles. The number of aliphatic imine (C=N–C) groups is 1. The third-order valence-corrected chi connectivity index (χ3v) is 1.22. The monoisotopic (exact) mass is 125 g/mol. The first-order valence-electron chi connectivity index (χ1n) is 2.99. The topological polar surface area (TPSA) is 29.4 Å². The van der Waals surface area contributed by atoms with Gasteiger partial charge in [-0.15, -0.1) is 0 Å². The van der Waals surface area contributed by atoms with Crippen molar-refractivity contribution in [3.05, 3.63) is 6.58 Å². The highest BCUT2D eigenvalue weighted by Crippen LogP contribution is 2.01. The van der Waals surface area contributed by atoms with Gasteiger partial charge in [0.25, 0.3) is 5.91 Å². The molecule has 0 aliphatic rings. The number of carbonyl (C=O) groups excluding carboxylic acids is 1. The van der Waals surface area contributed by atoms with Gasteiger partial charge in [0, 0.05) is 5.92 Å². The van der Waals surface area contributed by atoms with Gasteiger partial charge in [-0.05, 0) is 18.9 Å². The maximum atomic E-state index is 10.7. The largest absolute Gasteiger partial charge is 0.272 e. The van der Waals surface area contributed by atoms with Crippen LogP contribution < -0.4 is 0 Å². The Hall–Kier alpha value is -0.880. The summed E-state index contributed by atoms with van der Waals surface area (Å²) < 4.78 is 0. The molecule has 0 rings (SSSR count). The lowest BCUT2D eigenvalue weighted by molar-refractivity contribution is -0.121. The Morgan fingerprint density at radius 2 is 2.44 bits per heavy atom. The van der Waals surface area contributed by atoms with Crippen molar-refractivity contribution in [1.29, 1.82) is 0 Å². The van der Waals surface area contributed by atoms with E-state index in [1.807, 2.05) is 13.8 Å². The van der Waals surface area contributed by atoms with Gasteiger partial charge < -0.3 is 0 Å². The molecule has 9 heavy (non-hydrogen) atoms. The van der Waals surface area contributed by atoms with Crippen LogP contribution in [0, 0.1) is 5.92 Å². The molecule has 2 nitrogen and oxygen atoms in total. The van der Waals surface area contributed by atoms with E-state index in [2.05, 4.69) is 17.4 Å². The zero-order valence-electron chi connectivity index (χ0n) is 5.85. The molecular formula is C7H11NO. The number of nitrogens with zero attached hydrogens (tertiary/aromatic N) is 1. The van der Waals surface area contributed by atoms with Gasteiger partial charge in [-0.3, -0.25) is 4.79 Å². The van der Waals surface area contributed by atoms with Crippen molar-refractivity contribution in [2.24, 2.45) is 10.9 Å². The van der Waals surface area contributed by atoms with Crippen LogP contribution in [0.5, 0.6) is 0 Å². The Kier molecular flexibility index (Phi) is 3.65. The van der Waals surface area contributed by atoms with Crippen molar-refractivity contribution in [2.75, 3.05) is 0 Å². The maximum Gasteiger partial charge on any atom is 0.256 e. The molecule has 0 heterocycles. The van der Waals surface area contributed by atoms with Crippen molar-refractivity contribution < 1.29 is 4.79 Å². The maximum absolute atomic E-state index is 10.7. The van der Waals surface area contributed by atoms with E-state index in [1.165, 1.54) is 0 Å². The third-order valence-electron chi connectivity index (χ3n) is 1.22. The Morgan fingerprint density at radius 1 is 1.89 bits per heavy atom. The minimum atomic E-state index is -0.132. The minimum absolute atomic E-state index is 0.0132. The molecule has 0 aromatic carbocycles. The molecule has 2 heteroatoms. The van der Waals surface area contributed by atoms with E-state index in [0.29, 0.717) is 0 Å². The second kappa shape index (κ2) is 4.04. The molecule has 0 radical (unpaired) electrons. The molecular weight excluding hydrogens is 114 g/mol. The first-order valence-corrected chi connectivity index (χ1v) is 2.99. The normalized spacial score (nSPS) is 11.8. The van der Waals surface area contributed by atoms with Gasteiger partial charge in [-0.1, -0.05) is 13.8 Å². The van der Waals surface area contributed by atoms with Gasteiger partial charge in [0.05, 0.1) is 0 Å². The number of carbonyl (C=O) groups is 1. The van der Waals surface area contributed by atoms with Gasteiger partial charge in [-0.2, -0.15) is 4.99 Å². The highest BCUT2D eigenvalue weighted by molar-refractivity contribution is 5.84. The van der Waals surface area contributed by atoms with Crippen LogP contribution in [0.15, 0.2) is 11.6 Å². The molecule has 0 aliphatic carbocycles. The van der Waals surface area contributed by atoms with Gasteiger partial charge >= 0.3 is 0 Å². The lowest BCUT2D eigenvalue weighted by Gasteiger charge is -1.97. The van der Waals surface area contributed by atoms with Crippen LogP contribution in [0.4, 0.5) is 0 Å². The Labute approximate surface area is 55.3 Å². The van der Waals surface area contributed by atoms with Crippen molar-refractivity contribution in [3.63, 3.8) is 0 Å². The quantitative estimate of drug-likeness (QED) is 0.513. The van der Waals surface area contributed by atoms with E-state index in [4.69, 9.17) is 0 Å². The molecule has 50 valence electrons. The summed E-state index contributed by atoms with van der Waals surface area (Å²) in [5, 5.41) is 0. The van der Waals surface area contributed by atoms with Crippen LogP contribution in [0.1, 0.15) is 20.3 Å². The zero-order chi connectivity index (χ0) is 7.28. The number of amides is 1. The summed E-state index contributed by atoms with van der Waals surface area (Å²) in [5.74, 6) is 2.09. The number of rotatable bonds is 2.